The first kappa shape index (κ1) is 37.0. The van der Waals surface area contributed by atoms with E-state index in [1.807, 2.05) is 36.6 Å². The molecule has 258 valence electrons. The molecule has 1 amide bonds. The highest BCUT2D eigenvalue weighted by Crippen LogP contribution is 2.44. The van der Waals surface area contributed by atoms with Crippen LogP contribution in [0, 0.1) is 0 Å². The van der Waals surface area contributed by atoms with Crippen LogP contribution in [0.15, 0.2) is 82.6 Å². The number of para-hydroxylation sites is 1. The molecular weight excluding hydrogens is 651 g/mol. The zero-order valence-corrected chi connectivity index (χ0v) is 29.4. The van der Waals surface area contributed by atoms with E-state index in [4.69, 9.17) is 9.84 Å². The number of hydrogen-bond acceptors (Lipinski definition) is 8. The van der Waals surface area contributed by atoms with Gasteiger partial charge in [0.1, 0.15) is 16.7 Å². The SMILES string of the molecule is CCCCC1(CCCC)CN(c2ccccc2)c2cc(SC)c(OCC(=O)N[C@@H](C(=O)CCC(=O)O)c3ccccc3)cc2S(=O)(=O)N1. The largest absolute Gasteiger partial charge is 0.483 e. The highest BCUT2D eigenvalue weighted by Gasteiger charge is 2.42. The van der Waals surface area contributed by atoms with Gasteiger partial charge in [-0.15, -0.1) is 11.8 Å². The van der Waals surface area contributed by atoms with E-state index in [1.165, 1.54) is 17.8 Å². The number of carboxylic acids is 1. The molecule has 3 aromatic rings. The van der Waals surface area contributed by atoms with Crippen LogP contribution in [-0.4, -0.2) is 56.1 Å². The number of unbranched alkanes of at least 4 members (excludes halogenated alkanes) is 2. The second kappa shape index (κ2) is 17.0. The summed E-state index contributed by atoms with van der Waals surface area (Å²) < 4.78 is 37.5. The first-order chi connectivity index (χ1) is 23.0. The maximum absolute atomic E-state index is 14.2. The number of anilines is 2. The quantitative estimate of drug-likeness (QED) is 0.133. The Hall–Kier alpha value is -3.87. The number of Topliss-reactive ketones (excluding diaryl/α,β-unsaturated/α-hetero) is 1. The zero-order valence-electron chi connectivity index (χ0n) is 27.7. The molecule has 0 spiro atoms. The number of ketones is 1. The fraction of sp³-hybridized carbons (Fsp3) is 0.417. The number of sulfonamides is 1. The monoisotopic (exact) mass is 695 g/mol. The van der Waals surface area contributed by atoms with Gasteiger partial charge in [0.05, 0.1) is 22.5 Å². The molecule has 0 fully saturated rings. The molecule has 1 aliphatic heterocycles. The zero-order chi connectivity index (χ0) is 34.7. The molecule has 3 aromatic carbocycles. The number of nitrogens with one attached hydrogen (secondary N) is 2. The fourth-order valence-electron chi connectivity index (χ4n) is 5.96. The average molecular weight is 696 g/mol. The van der Waals surface area contributed by atoms with Gasteiger partial charge in [-0.1, -0.05) is 88.1 Å². The third-order valence-electron chi connectivity index (χ3n) is 8.43. The number of carbonyl (C=O) groups excluding carboxylic acids is 2. The minimum Gasteiger partial charge on any atom is -0.483 e. The highest BCUT2D eigenvalue weighted by molar-refractivity contribution is 7.98. The molecule has 10 nitrogen and oxygen atoms in total. The number of amides is 1. The lowest BCUT2D eigenvalue weighted by molar-refractivity contribution is -0.139. The lowest BCUT2D eigenvalue weighted by atomic mass is 9.87. The number of carboxylic acid groups (broad SMARTS) is 1. The van der Waals surface area contributed by atoms with E-state index in [2.05, 4.69) is 28.8 Å². The molecule has 4 rings (SSSR count). The van der Waals surface area contributed by atoms with Crippen molar-refractivity contribution in [2.75, 3.05) is 24.3 Å². The molecule has 1 aliphatic rings. The van der Waals surface area contributed by atoms with Crippen LogP contribution in [0.2, 0.25) is 0 Å². The van der Waals surface area contributed by atoms with Crippen molar-refractivity contribution in [3.63, 3.8) is 0 Å². The molecule has 0 radical (unpaired) electrons. The second-order valence-electron chi connectivity index (χ2n) is 12.0. The number of rotatable bonds is 17. The van der Waals surface area contributed by atoms with Gasteiger partial charge in [0.15, 0.2) is 12.4 Å². The van der Waals surface area contributed by atoms with E-state index in [9.17, 15) is 22.8 Å². The third-order valence-corrected chi connectivity index (χ3v) is 10.8. The smallest absolute Gasteiger partial charge is 0.303 e. The summed E-state index contributed by atoms with van der Waals surface area (Å²) in [6.07, 6.45) is 6.21. The van der Waals surface area contributed by atoms with Crippen molar-refractivity contribution in [3.8, 4) is 5.75 Å². The van der Waals surface area contributed by atoms with Gasteiger partial charge in [-0.05, 0) is 42.9 Å². The number of aliphatic carboxylic acids is 1. The maximum atomic E-state index is 14.2. The average Bonchev–Trinajstić information content (AvgIpc) is 3.18. The van der Waals surface area contributed by atoms with Gasteiger partial charge in [0, 0.05) is 24.7 Å². The Labute approximate surface area is 287 Å². The summed E-state index contributed by atoms with van der Waals surface area (Å²) in [7, 11) is -4.03. The number of thioether (sulfide) groups is 1. The van der Waals surface area contributed by atoms with Gasteiger partial charge in [0.2, 0.25) is 10.0 Å². The van der Waals surface area contributed by atoms with Crippen LogP contribution < -0.4 is 19.7 Å². The van der Waals surface area contributed by atoms with Gasteiger partial charge in [-0.2, -0.15) is 0 Å². The Morgan fingerprint density at radius 1 is 0.979 bits per heavy atom. The number of benzene rings is 3. The van der Waals surface area contributed by atoms with Crippen LogP contribution >= 0.6 is 11.8 Å². The van der Waals surface area contributed by atoms with Crippen molar-refractivity contribution < 1.29 is 32.6 Å². The molecule has 0 saturated heterocycles. The predicted octanol–water partition coefficient (Wildman–Crippen LogP) is 6.63. The summed E-state index contributed by atoms with van der Waals surface area (Å²) in [6, 6.07) is 20.5. The van der Waals surface area contributed by atoms with Crippen LogP contribution in [0.4, 0.5) is 11.4 Å². The number of nitrogens with zero attached hydrogens (tertiary/aromatic N) is 1. The Kier molecular flexibility index (Phi) is 13.1. The van der Waals surface area contributed by atoms with Gasteiger partial charge < -0.3 is 20.1 Å². The first-order valence-corrected chi connectivity index (χ1v) is 19.0. The number of ether oxygens (including phenoxy) is 1. The molecule has 48 heavy (non-hydrogen) atoms. The van der Waals surface area contributed by atoms with Crippen molar-refractivity contribution in [1.82, 2.24) is 10.0 Å². The Morgan fingerprint density at radius 2 is 1.60 bits per heavy atom. The van der Waals surface area contributed by atoms with Crippen molar-refractivity contribution in [2.24, 2.45) is 0 Å². The van der Waals surface area contributed by atoms with Crippen molar-refractivity contribution in [3.05, 3.63) is 78.4 Å². The highest BCUT2D eigenvalue weighted by atomic mass is 32.2. The third kappa shape index (κ3) is 9.39. The van der Waals surface area contributed by atoms with Crippen molar-refractivity contribution in [1.29, 1.82) is 0 Å². The molecule has 0 unspecified atom stereocenters. The molecule has 0 aromatic heterocycles. The van der Waals surface area contributed by atoms with E-state index in [1.54, 1.807) is 36.4 Å². The summed E-state index contributed by atoms with van der Waals surface area (Å²) in [5.74, 6) is -1.95. The summed E-state index contributed by atoms with van der Waals surface area (Å²) in [5, 5.41) is 11.7. The van der Waals surface area contributed by atoms with Gasteiger partial charge in [-0.3, -0.25) is 14.4 Å². The molecule has 0 bridgehead atoms. The predicted molar refractivity (Wildman–Crippen MR) is 188 cm³/mol. The topological polar surface area (TPSA) is 142 Å². The first-order valence-electron chi connectivity index (χ1n) is 16.3. The Morgan fingerprint density at radius 3 is 2.19 bits per heavy atom. The number of fused-ring (bicyclic) bond motifs is 1. The van der Waals surface area contributed by atoms with Crippen molar-refractivity contribution in [2.45, 2.75) is 86.6 Å². The maximum Gasteiger partial charge on any atom is 0.303 e. The van der Waals surface area contributed by atoms with E-state index in [0.29, 0.717) is 35.5 Å². The van der Waals surface area contributed by atoms with E-state index in [0.717, 1.165) is 31.4 Å². The van der Waals surface area contributed by atoms with E-state index >= 15 is 0 Å². The lowest BCUT2D eigenvalue weighted by Crippen LogP contribution is -2.53. The van der Waals surface area contributed by atoms with E-state index in [-0.39, 0.29) is 23.5 Å². The van der Waals surface area contributed by atoms with Crippen LogP contribution in [0.5, 0.6) is 5.75 Å². The van der Waals surface area contributed by atoms with E-state index < -0.39 is 45.9 Å². The molecule has 0 aliphatic carbocycles. The summed E-state index contributed by atoms with van der Waals surface area (Å²) >= 11 is 1.37. The summed E-state index contributed by atoms with van der Waals surface area (Å²) in [6.45, 7) is 4.16. The molecule has 12 heteroatoms. The molecule has 1 heterocycles. The minimum atomic E-state index is -4.03. The molecule has 1 atom stereocenters. The number of hydrogen-bond donors (Lipinski definition) is 3. The van der Waals surface area contributed by atoms with Gasteiger partial charge >= 0.3 is 5.97 Å². The second-order valence-corrected chi connectivity index (χ2v) is 14.5. The fourth-order valence-corrected chi connectivity index (χ4v) is 8.16. The van der Waals surface area contributed by atoms with Crippen LogP contribution in [0.25, 0.3) is 0 Å². The van der Waals surface area contributed by atoms with Crippen molar-refractivity contribution >= 4 is 50.8 Å². The summed E-state index contributed by atoms with van der Waals surface area (Å²) in [5.41, 5.74) is 1.22. The van der Waals surface area contributed by atoms with Crippen LogP contribution in [0.3, 0.4) is 0 Å². The normalized spacial score (nSPS) is 15.5. The Balaban J connectivity index is 1.68. The molecular formula is C36H45N3O7S2. The number of carbonyl (C=O) groups is 3. The Bertz CT molecular complexity index is 1660. The van der Waals surface area contributed by atoms with Gasteiger partial charge in [-0.25, -0.2) is 13.1 Å². The van der Waals surface area contributed by atoms with Gasteiger partial charge in [0.25, 0.3) is 5.91 Å². The van der Waals surface area contributed by atoms with Crippen LogP contribution in [0.1, 0.15) is 76.8 Å². The van der Waals surface area contributed by atoms with Crippen LogP contribution in [-0.2, 0) is 24.4 Å². The lowest BCUT2D eigenvalue weighted by Gasteiger charge is -2.37. The summed E-state index contributed by atoms with van der Waals surface area (Å²) in [4.78, 5) is 40.0. The minimum absolute atomic E-state index is 0.0560. The molecule has 3 N–H and O–H groups in total. The molecule has 0 saturated carbocycles. The standard InChI is InChI=1S/C36H45N3O7S2/c1-4-6-20-36(21-7-5-2)25-39(27-16-12-9-13-17-27)28-22-31(47-3)30(23-32(28)48(44,45)38-36)46-24-33(41)37-35(26-14-10-8-11-15-26)29(40)18-19-34(42)43/h8-17,22-23,35,38H,4-7,18-21,24-25H2,1-3H3,(H,37,41)(H,42,43)/t35-/m1/s1.